The number of nitrogens with zero attached hydrogens (tertiary/aromatic N) is 3. The maximum atomic E-state index is 12.3. The third-order valence-corrected chi connectivity index (χ3v) is 5.70. The molecule has 3 aromatic rings. The molecule has 1 N–H and O–H groups in total. The summed E-state index contributed by atoms with van der Waals surface area (Å²) < 4.78 is 8.05. The van der Waals surface area contributed by atoms with Crippen molar-refractivity contribution in [3.05, 3.63) is 65.5 Å². The number of rotatable bonds is 9. The van der Waals surface area contributed by atoms with Crippen molar-refractivity contribution >= 4 is 23.4 Å². The molecule has 1 amide bonds. The standard InChI is InChI=1S/C23H28N4O2S/c1-5-18-9-13-20(14-10-18)29-17(4)22-25-26-23(27(22)6-2)30-15-21(28)24-19-11-7-16(3)8-12-19/h7-14,17H,5-6,15H2,1-4H3,(H,24,28). The number of ether oxygens (including phenoxy) is 1. The molecule has 1 atom stereocenters. The molecule has 2 aromatic carbocycles. The molecule has 0 radical (unpaired) electrons. The fourth-order valence-electron chi connectivity index (χ4n) is 3.03. The number of nitrogens with one attached hydrogen (secondary N) is 1. The van der Waals surface area contributed by atoms with E-state index in [2.05, 4.69) is 34.6 Å². The molecule has 0 saturated carbocycles. The minimum absolute atomic E-state index is 0.0728. The van der Waals surface area contributed by atoms with Crippen LogP contribution in [0.2, 0.25) is 0 Å². The van der Waals surface area contributed by atoms with E-state index in [1.54, 1.807) is 0 Å². The van der Waals surface area contributed by atoms with Gasteiger partial charge in [-0.15, -0.1) is 10.2 Å². The number of thioether (sulfide) groups is 1. The molecule has 1 heterocycles. The molecule has 0 aliphatic carbocycles. The van der Waals surface area contributed by atoms with Crippen LogP contribution in [0.25, 0.3) is 0 Å². The van der Waals surface area contributed by atoms with Crippen LogP contribution < -0.4 is 10.1 Å². The van der Waals surface area contributed by atoms with Crippen molar-refractivity contribution in [2.45, 2.75) is 51.9 Å². The summed E-state index contributed by atoms with van der Waals surface area (Å²) in [5.41, 5.74) is 3.22. The number of hydrogen-bond donors (Lipinski definition) is 1. The first-order valence-corrected chi connectivity index (χ1v) is 11.2. The van der Waals surface area contributed by atoms with Crippen LogP contribution in [0.4, 0.5) is 5.69 Å². The Balaban J connectivity index is 1.61. The lowest BCUT2D eigenvalue weighted by Gasteiger charge is -2.16. The van der Waals surface area contributed by atoms with Crippen LogP contribution in [-0.2, 0) is 17.8 Å². The monoisotopic (exact) mass is 424 g/mol. The molecule has 3 rings (SSSR count). The average Bonchev–Trinajstić information content (AvgIpc) is 3.17. The van der Waals surface area contributed by atoms with Crippen molar-refractivity contribution in [1.29, 1.82) is 0 Å². The Labute approximate surface area is 182 Å². The number of aromatic nitrogens is 3. The molecule has 0 aliphatic rings. The number of aryl methyl sites for hydroxylation is 2. The third kappa shape index (κ3) is 5.63. The maximum Gasteiger partial charge on any atom is 0.234 e. The lowest BCUT2D eigenvalue weighted by Crippen LogP contribution is -2.15. The van der Waals surface area contributed by atoms with Gasteiger partial charge in [0.15, 0.2) is 17.1 Å². The van der Waals surface area contributed by atoms with E-state index >= 15 is 0 Å². The molecule has 0 saturated heterocycles. The molecular formula is C23H28N4O2S. The van der Waals surface area contributed by atoms with Gasteiger partial charge in [0.25, 0.3) is 0 Å². The minimum Gasteiger partial charge on any atom is -0.483 e. The first-order chi connectivity index (χ1) is 14.5. The highest BCUT2D eigenvalue weighted by molar-refractivity contribution is 7.99. The topological polar surface area (TPSA) is 69.0 Å². The highest BCUT2D eigenvalue weighted by atomic mass is 32.2. The van der Waals surface area contributed by atoms with Crippen molar-refractivity contribution < 1.29 is 9.53 Å². The zero-order chi connectivity index (χ0) is 21.5. The van der Waals surface area contributed by atoms with E-state index in [0.717, 1.165) is 29.2 Å². The zero-order valence-electron chi connectivity index (χ0n) is 17.9. The van der Waals surface area contributed by atoms with Gasteiger partial charge in [0.05, 0.1) is 5.75 Å². The van der Waals surface area contributed by atoms with Gasteiger partial charge in [-0.3, -0.25) is 4.79 Å². The molecule has 158 valence electrons. The highest BCUT2D eigenvalue weighted by Crippen LogP contribution is 2.25. The van der Waals surface area contributed by atoms with Gasteiger partial charge in [0.1, 0.15) is 5.75 Å². The molecule has 0 spiro atoms. The summed E-state index contributed by atoms with van der Waals surface area (Å²) in [7, 11) is 0. The van der Waals surface area contributed by atoms with Gasteiger partial charge in [-0.2, -0.15) is 0 Å². The lowest BCUT2D eigenvalue weighted by atomic mass is 10.2. The second-order valence-electron chi connectivity index (χ2n) is 7.05. The normalized spacial score (nSPS) is 11.9. The van der Waals surface area contributed by atoms with Gasteiger partial charge in [-0.05, 0) is 57.0 Å². The van der Waals surface area contributed by atoms with Gasteiger partial charge in [-0.25, -0.2) is 0 Å². The fraction of sp³-hybridized carbons (Fsp3) is 0.348. The largest absolute Gasteiger partial charge is 0.483 e. The summed E-state index contributed by atoms with van der Waals surface area (Å²) in [6.45, 7) is 8.84. The second kappa shape index (κ2) is 10.3. The number of carbonyl (C=O) groups excluding carboxylic acids is 1. The van der Waals surface area contributed by atoms with E-state index in [9.17, 15) is 4.79 Å². The molecule has 7 heteroatoms. The Morgan fingerprint density at radius 3 is 2.43 bits per heavy atom. The molecule has 0 fully saturated rings. The number of hydrogen-bond acceptors (Lipinski definition) is 5. The van der Waals surface area contributed by atoms with Crippen molar-refractivity contribution in [2.24, 2.45) is 0 Å². The van der Waals surface area contributed by atoms with E-state index < -0.39 is 0 Å². The summed E-state index contributed by atoms with van der Waals surface area (Å²) in [6.07, 6.45) is 0.749. The maximum absolute atomic E-state index is 12.3. The number of carbonyl (C=O) groups is 1. The van der Waals surface area contributed by atoms with Crippen molar-refractivity contribution in [3.8, 4) is 5.75 Å². The summed E-state index contributed by atoms with van der Waals surface area (Å²) >= 11 is 1.37. The summed E-state index contributed by atoms with van der Waals surface area (Å²) in [4.78, 5) is 12.3. The van der Waals surface area contributed by atoms with E-state index in [-0.39, 0.29) is 17.8 Å². The van der Waals surface area contributed by atoms with Crippen LogP contribution in [0.3, 0.4) is 0 Å². The SMILES string of the molecule is CCc1ccc(OC(C)c2nnc(SCC(=O)Nc3ccc(C)cc3)n2CC)cc1. The fourth-order valence-corrected chi connectivity index (χ4v) is 3.84. The Morgan fingerprint density at radius 2 is 1.80 bits per heavy atom. The van der Waals surface area contributed by atoms with E-state index in [1.165, 1.54) is 17.3 Å². The number of benzene rings is 2. The van der Waals surface area contributed by atoms with Crippen molar-refractivity contribution in [1.82, 2.24) is 14.8 Å². The van der Waals surface area contributed by atoms with Crippen molar-refractivity contribution in [3.63, 3.8) is 0 Å². The first-order valence-electron chi connectivity index (χ1n) is 10.2. The third-order valence-electron chi connectivity index (χ3n) is 4.74. The van der Waals surface area contributed by atoms with Gasteiger partial charge in [-0.1, -0.05) is 48.5 Å². The van der Waals surface area contributed by atoms with E-state index in [1.807, 2.05) is 61.7 Å². The van der Waals surface area contributed by atoms with Crippen LogP contribution >= 0.6 is 11.8 Å². The number of anilines is 1. The van der Waals surface area contributed by atoms with E-state index in [4.69, 9.17) is 4.74 Å². The second-order valence-corrected chi connectivity index (χ2v) is 7.99. The van der Waals surface area contributed by atoms with Crippen molar-refractivity contribution in [2.75, 3.05) is 11.1 Å². The number of amides is 1. The smallest absolute Gasteiger partial charge is 0.234 e. The average molecular weight is 425 g/mol. The molecule has 0 aliphatic heterocycles. The van der Waals surface area contributed by atoms with Crippen LogP contribution in [0.5, 0.6) is 5.75 Å². The van der Waals surface area contributed by atoms with Crippen LogP contribution in [0.1, 0.15) is 43.8 Å². The Hall–Kier alpha value is -2.80. The van der Waals surface area contributed by atoms with Crippen LogP contribution in [0.15, 0.2) is 53.7 Å². The molecule has 1 aromatic heterocycles. The molecule has 30 heavy (non-hydrogen) atoms. The Bertz CT molecular complexity index is 968. The van der Waals surface area contributed by atoms with Crippen LogP contribution in [0, 0.1) is 6.92 Å². The zero-order valence-corrected chi connectivity index (χ0v) is 18.7. The first kappa shape index (κ1) is 21.9. The Kier molecular flexibility index (Phi) is 7.52. The quantitative estimate of drug-likeness (QED) is 0.487. The Morgan fingerprint density at radius 1 is 1.10 bits per heavy atom. The van der Waals surface area contributed by atoms with Gasteiger partial charge in [0.2, 0.25) is 5.91 Å². The predicted octanol–water partition coefficient (Wildman–Crippen LogP) is 5.04. The van der Waals surface area contributed by atoms with E-state index in [0.29, 0.717) is 11.7 Å². The van der Waals surface area contributed by atoms with Gasteiger partial charge < -0.3 is 14.6 Å². The predicted molar refractivity (Wildman–Crippen MR) is 121 cm³/mol. The lowest BCUT2D eigenvalue weighted by molar-refractivity contribution is -0.113. The molecule has 1 unspecified atom stereocenters. The van der Waals surface area contributed by atoms with Gasteiger partial charge in [0, 0.05) is 12.2 Å². The van der Waals surface area contributed by atoms with Gasteiger partial charge >= 0.3 is 0 Å². The molecular weight excluding hydrogens is 396 g/mol. The summed E-state index contributed by atoms with van der Waals surface area (Å²) in [5.74, 6) is 1.74. The summed E-state index contributed by atoms with van der Waals surface area (Å²) in [5, 5.41) is 12.2. The minimum atomic E-state index is -0.249. The van der Waals surface area contributed by atoms with Crippen LogP contribution in [-0.4, -0.2) is 26.4 Å². The highest BCUT2D eigenvalue weighted by Gasteiger charge is 2.19. The molecule has 0 bridgehead atoms. The molecule has 6 nitrogen and oxygen atoms in total. The summed E-state index contributed by atoms with van der Waals surface area (Å²) in [6, 6.07) is 15.8.